The summed E-state index contributed by atoms with van der Waals surface area (Å²) in [5.41, 5.74) is 1.77. The molecule has 2 aromatic rings. The van der Waals surface area contributed by atoms with Gasteiger partial charge < -0.3 is 4.52 Å². The van der Waals surface area contributed by atoms with Crippen LogP contribution in [-0.2, 0) is 12.8 Å². The molecule has 21 heavy (non-hydrogen) atoms. The number of hydrogen-bond acceptors (Lipinski definition) is 5. The van der Waals surface area contributed by atoms with Crippen LogP contribution in [-0.4, -0.2) is 15.1 Å². The number of aromatic nitrogens is 3. The molecule has 0 bridgehead atoms. The molecule has 5 heteroatoms. The largest absolute Gasteiger partial charge is 0.339 e. The Kier molecular flexibility index (Phi) is 3.64. The fourth-order valence-electron chi connectivity index (χ4n) is 2.75. The van der Waals surface area contributed by atoms with E-state index in [9.17, 15) is 0 Å². The lowest BCUT2D eigenvalue weighted by Gasteiger charge is -2.37. The van der Waals surface area contributed by atoms with Crippen LogP contribution in [0.1, 0.15) is 58.5 Å². The van der Waals surface area contributed by atoms with E-state index in [0.717, 1.165) is 17.8 Å². The van der Waals surface area contributed by atoms with Crippen LogP contribution >= 0.6 is 11.3 Å². The first-order valence-corrected chi connectivity index (χ1v) is 8.48. The molecule has 114 valence electrons. The number of hydrogen-bond donors (Lipinski definition) is 0. The van der Waals surface area contributed by atoms with E-state index in [-0.39, 0.29) is 5.41 Å². The van der Waals surface area contributed by atoms with E-state index < -0.39 is 0 Å². The lowest BCUT2D eigenvalue weighted by molar-refractivity contribution is 0.160. The van der Waals surface area contributed by atoms with Crippen LogP contribution in [0.25, 0.3) is 10.8 Å². The smallest absolute Gasteiger partial charge is 0.231 e. The normalized spacial score (nSPS) is 17.7. The van der Waals surface area contributed by atoms with E-state index in [2.05, 4.69) is 43.2 Å². The molecule has 0 atom stereocenters. The van der Waals surface area contributed by atoms with Crippen molar-refractivity contribution >= 4 is 11.3 Å². The topological polar surface area (TPSA) is 51.8 Å². The number of thiazole rings is 1. The monoisotopic (exact) mass is 305 g/mol. The summed E-state index contributed by atoms with van der Waals surface area (Å²) in [4.78, 5) is 9.17. The molecular formula is C16H23N3OS. The molecule has 0 radical (unpaired) electrons. The first kappa shape index (κ1) is 14.7. The standard InChI is InChI=1S/C16H23N3OS/c1-15(2,3)9-12-18-13(19-20-12)14-17-11(10-21-14)8-16(4)6-5-7-16/h10H,5-9H2,1-4H3. The molecule has 1 aliphatic carbocycles. The summed E-state index contributed by atoms with van der Waals surface area (Å²) in [6.07, 6.45) is 5.84. The molecule has 0 aromatic carbocycles. The van der Waals surface area contributed by atoms with E-state index in [1.807, 2.05) is 0 Å². The predicted octanol–water partition coefficient (Wildman–Crippen LogP) is 4.51. The molecule has 4 nitrogen and oxygen atoms in total. The van der Waals surface area contributed by atoms with Gasteiger partial charge in [0, 0.05) is 11.8 Å². The van der Waals surface area contributed by atoms with Crippen molar-refractivity contribution < 1.29 is 4.52 Å². The van der Waals surface area contributed by atoms with Crippen molar-refractivity contribution in [3.05, 3.63) is 17.0 Å². The van der Waals surface area contributed by atoms with Crippen LogP contribution in [0.4, 0.5) is 0 Å². The average molecular weight is 305 g/mol. The van der Waals surface area contributed by atoms with Crippen LogP contribution in [0.15, 0.2) is 9.90 Å². The van der Waals surface area contributed by atoms with Crippen LogP contribution in [0, 0.1) is 10.8 Å². The Morgan fingerprint density at radius 2 is 2.05 bits per heavy atom. The van der Waals surface area contributed by atoms with E-state index in [4.69, 9.17) is 9.51 Å². The Hall–Kier alpha value is -1.23. The Morgan fingerprint density at radius 1 is 1.29 bits per heavy atom. The SMILES string of the molecule is CC(C)(C)Cc1nc(-c2nc(CC3(C)CCC3)cs2)no1. The highest BCUT2D eigenvalue weighted by molar-refractivity contribution is 7.13. The van der Waals surface area contributed by atoms with Crippen LogP contribution < -0.4 is 0 Å². The second-order valence-corrected chi connectivity index (χ2v) is 8.59. The van der Waals surface area contributed by atoms with Gasteiger partial charge >= 0.3 is 0 Å². The fraction of sp³-hybridized carbons (Fsp3) is 0.688. The molecule has 0 unspecified atom stereocenters. The minimum Gasteiger partial charge on any atom is -0.339 e. The van der Waals surface area contributed by atoms with Crippen molar-refractivity contribution in [2.45, 2.75) is 59.8 Å². The Labute approximate surface area is 130 Å². The zero-order valence-corrected chi connectivity index (χ0v) is 14.1. The van der Waals surface area contributed by atoms with Gasteiger partial charge in [0.15, 0.2) is 5.01 Å². The predicted molar refractivity (Wildman–Crippen MR) is 84.2 cm³/mol. The number of rotatable bonds is 4. The molecule has 1 aliphatic rings. The van der Waals surface area contributed by atoms with Gasteiger partial charge in [-0.05, 0) is 30.1 Å². The van der Waals surface area contributed by atoms with E-state index in [1.165, 1.54) is 25.0 Å². The van der Waals surface area contributed by atoms with E-state index >= 15 is 0 Å². The zero-order chi connectivity index (χ0) is 15.1. The van der Waals surface area contributed by atoms with Gasteiger partial charge in [-0.3, -0.25) is 0 Å². The second kappa shape index (κ2) is 5.20. The van der Waals surface area contributed by atoms with Gasteiger partial charge in [-0.2, -0.15) is 4.98 Å². The van der Waals surface area contributed by atoms with Crippen LogP contribution in [0.5, 0.6) is 0 Å². The first-order chi connectivity index (χ1) is 9.83. The zero-order valence-electron chi connectivity index (χ0n) is 13.3. The van der Waals surface area contributed by atoms with Gasteiger partial charge in [0.1, 0.15) is 0 Å². The molecule has 2 heterocycles. The van der Waals surface area contributed by atoms with Gasteiger partial charge in [0.05, 0.1) is 5.69 Å². The molecule has 0 aliphatic heterocycles. The molecule has 0 amide bonds. The van der Waals surface area contributed by atoms with Gasteiger partial charge in [-0.15, -0.1) is 11.3 Å². The lowest BCUT2D eigenvalue weighted by Crippen LogP contribution is -2.27. The third kappa shape index (κ3) is 3.51. The van der Waals surface area contributed by atoms with Crippen LogP contribution in [0.3, 0.4) is 0 Å². The van der Waals surface area contributed by atoms with Gasteiger partial charge in [0.25, 0.3) is 0 Å². The molecular weight excluding hydrogens is 282 g/mol. The summed E-state index contributed by atoms with van der Waals surface area (Å²) in [6.45, 7) is 8.85. The minimum absolute atomic E-state index is 0.149. The third-order valence-electron chi connectivity index (χ3n) is 4.06. The summed E-state index contributed by atoms with van der Waals surface area (Å²) >= 11 is 1.61. The van der Waals surface area contributed by atoms with Crippen molar-refractivity contribution in [2.75, 3.05) is 0 Å². The highest BCUT2D eigenvalue weighted by Crippen LogP contribution is 2.43. The summed E-state index contributed by atoms with van der Waals surface area (Å²) < 4.78 is 5.34. The van der Waals surface area contributed by atoms with E-state index in [0.29, 0.717) is 17.1 Å². The maximum absolute atomic E-state index is 5.34. The molecule has 2 aromatic heterocycles. The highest BCUT2D eigenvalue weighted by atomic mass is 32.1. The highest BCUT2D eigenvalue weighted by Gasteiger charge is 2.32. The molecule has 1 saturated carbocycles. The Morgan fingerprint density at radius 3 is 2.67 bits per heavy atom. The fourth-order valence-corrected chi connectivity index (χ4v) is 3.49. The maximum Gasteiger partial charge on any atom is 0.231 e. The third-order valence-corrected chi connectivity index (χ3v) is 4.95. The number of nitrogens with zero attached hydrogens (tertiary/aromatic N) is 3. The summed E-state index contributed by atoms with van der Waals surface area (Å²) in [7, 11) is 0. The summed E-state index contributed by atoms with van der Waals surface area (Å²) in [6, 6.07) is 0. The Balaban J connectivity index is 1.71. The van der Waals surface area contributed by atoms with Crippen LogP contribution in [0.2, 0.25) is 0 Å². The van der Waals surface area contributed by atoms with Gasteiger partial charge in [-0.25, -0.2) is 4.98 Å². The second-order valence-electron chi connectivity index (χ2n) is 7.73. The molecule has 3 rings (SSSR count). The average Bonchev–Trinajstić information content (AvgIpc) is 2.94. The molecule has 0 spiro atoms. The van der Waals surface area contributed by atoms with Gasteiger partial charge in [0.2, 0.25) is 11.7 Å². The minimum atomic E-state index is 0.149. The summed E-state index contributed by atoms with van der Waals surface area (Å²) in [5, 5.41) is 7.09. The maximum atomic E-state index is 5.34. The van der Waals surface area contributed by atoms with Crippen molar-refractivity contribution in [3.8, 4) is 10.8 Å². The molecule has 0 N–H and O–H groups in total. The van der Waals surface area contributed by atoms with Crippen molar-refractivity contribution in [1.29, 1.82) is 0 Å². The quantitative estimate of drug-likeness (QED) is 0.833. The molecule has 0 saturated heterocycles. The van der Waals surface area contributed by atoms with Crippen molar-refractivity contribution in [1.82, 2.24) is 15.1 Å². The summed E-state index contributed by atoms with van der Waals surface area (Å²) in [5.74, 6) is 1.32. The molecule has 1 fully saturated rings. The first-order valence-electron chi connectivity index (χ1n) is 7.60. The van der Waals surface area contributed by atoms with Crippen molar-refractivity contribution in [2.24, 2.45) is 10.8 Å². The van der Waals surface area contributed by atoms with E-state index in [1.54, 1.807) is 11.3 Å². The van der Waals surface area contributed by atoms with Crippen molar-refractivity contribution in [3.63, 3.8) is 0 Å². The lowest BCUT2D eigenvalue weighted by atomic mass is 9.68. The van der Waals surface area contributed by atoms with Gasteiger partial charge in [-0.1, -0.05) is 39.3 Å². The Bertz CT molecular complexity index is 620.